The van der Waals surface area contributed by atoms with Gasteiger partial charge < -0.3 is 9.94 Å². The number of ether oxygens (including phenoxy) is 1. The average Bonchev–Trinajstić information content (AvgIpc) is 2.96. The number of pyridine rings is 1. The van der Waals surface area contributed by atoms with Crippen molar-refractivity contribution >= 4 is 34.6 Å². The molecule has 0 aromatic carbocycles. The number of hydrogen-bond acceptors (Lipinski definition) is 7. The summed E-state index contributed by atoms with van der Waals surface area (Å²) in [5, 5.41) is 15.9. The SMILES string of the molecule is CCOC(=O)c1csc(NC(=O)C[n+]2cccc(/C=N/O)c2)n1. The number of esters is 1. The van der Waals surface area contributed by atoms with E-state index in [1.54, 1.807) is 36.0 Å². The Morgan fingerprint density at radius 3 is 3.13 bits per heavy atom. The first-order valence-electron chi connectivity index (χ1n) is 6.71. The summed E-state index contributed by atoms with van der Waals surface area (Å²) < 4.78 is 6.46. The summed E-state index contributed by atoms with van der Waals surface area (Å²) in [7, 11) is 0. The van der Waals surface area contributed by atoms with Gasteiger partial charge >= 0.3 is 5.97 Å². The molecule has 0 aliphatic carbocycles. The van der Waals surface area contributed by atoms with Crippen LogP contribution in [0.4, 0.5) is 5.13 Å². The molecule has 0 spiro atoms. The van der Waals surface area contributed by atoms with Crippen LogP contribution in [-0.2, 0) is 16.1 Å². The van der Waals surface area contributed by atoms with Crippen LogP contribution in [-0.4, -0.2) is 34.9 Å². The van der Waals surface area contributed by atoms with Crippen LogP contribution >= 0.6 is 11.3 Å². The highest BCUT2D eigenvalue weighted by molar-refractivity contribution is 7.14. The van der Waals surface area contributed by atoms with Crippen LogP contribution in [0.5, 0.6) is 0 Å². The van der Waals surface area contributed by atoms with E-state index in [-0.39, 0.29) is 24.8 Å². The number of carbonyl (C=O) groups is 2. The van der Waals surface area contributed by atoms with Crippen molar-refractivity contribution in [2.45, 2.75) is 13.5 Å². The largest absolute Gasteiger partial charge is 0.461 e. The molecule has 2 heterocycles. The molecule has 2 aromatic rings. The van der Waals surface area contributed by atoms with E-state index in [1.165, 1.54) is 11.6 Å². The molecular formula is C14H15N4O4S+. The van der Waals surface area contributed by atoms with Crippen LogP contribution in [0.1, 0.15) is 23.0 Å². The highest BCUT2D eigenvalue weighted by Crippen LogP contribution is 2.15. The van der Waals surface area contributed by atoms with Crippen molar-refractivity contribution in [3.63, 3.8) is 0 Å². The molecule has 0 aliphatic heterocycles. The van der Waals surface area contributed by atoms with Crippen LogP contribution in [0.3, 0.4) is 0 Å². The summed E-state index contributed by atoms with van der Waals surface area (Å²) in [5.41, 5.74) is 0.822. The van der Waals surface area contributed by atoms with Crippen molar-refractivity contribution in [1.29, 1.82) is 0 Å². The maximum absolute atomic E-state index is 12.0. The topological polar surface area (TPSA) is 105 Å². The Labute approximate surface area is 136 Å². The average molecular weight is 335 g/mol. The molecule has 2 rings (SSSR count). The minimum absolute atomic E-state index is 0.0570. The van der Waals surface area contributed by atoms with E-state index in [4.69, 9.17) is 9.94 Å². The zero-order valence-electron chi connectivity index (χ0n) is 12.3. The fraction of sp³-hybridized carbons (Fsp3) is 0.214. The van der Waals surface area contributed by atoms with Crippen LogP contribution in [0.15, 0.2) is 35.1 Å². The molecule has 0 fully saturated rings. The summed E-state index contributed by atoms with van der Waals surface area (Å²) in [4.78, 5) is 27.5. The van der Waals surface area contributed by atoms with Crippen molar-refractivity contribution in [3.05, 3.63) is 41.2 Å². The zero-order chi connectivity index (χ0) is 16.7. The van der Waals surface area contributed by atoms with Gasteiger partial charge in [0.25, 0.3) is 5.91 Å². The van der Waals surface area contributed by atoms with Gasteiger partial charge in [0.2, 0.25) is 6.54 Å². The van der Waals surface area contributed by atoms with Gasteiger partial charge in [0.1, 0.15) is 0 Å². The number of amides is 1. The predicted octanol–water partition coefficient (Wildman–Crippen LogP) is 1.05. The smallest absolute Gasteiger partial charge is 0.357 e. The molecular weight excluding hydrogens is 320 g/mol. The number of oxime groups is 1. The Balaban J connectivity index is 1.97. The van der Waals surface area contributed by atoms with Gasteiger partial charge in [-0.2, -0.15) is 4.57 Å². The van der Waals surface area contributed by atoms with Crippen molar-refractivity contribution in [2.75, 3.05) is 11.9 Å². The third-order valence-electron chi connectivity index (χ3n) is 2.65. The number of aromatic nitrogens is 2. The second kappa shape index (κ2) is 7.99. The quantitative estimate of drug-likeness (QED) is 0.270. The first kappa shape index (κ1) is 16.6. The molecule has 2 aromatic heterocycles. The predicted molar refractivity (Wildman–Crippen MR) is 82.7 cm³/mol. The first-order chi connectivity index (χ1) is 11.1. The number of nitrogens with one attached hydrogen (secondary N) is 1. The van der Waals surface area contributed by atoms with Crippen molar-refractivity contribution in [1.82, 2.24) is 4.98 Å². The molecule has 9 heteroatoms. The maximum atomic E-state index is 12.0. The molecule has 0 radical (unpaired) electrons. The maximum Gasteiger partial charge on any atom is 0.357 e. The molecule has 0 bridgehead atoms. The van der Waals surface area contributed by atoms with E-state index in [1.807, 2.05) is 0 Å². The lowest BCUT2D eigenvalue weighted by molar-refractivity contribution is -0.684. The van der Waals surface area contributed by atoms with Crippen molar-refractivity contribution in [3.8, 4) is 0 Å². The Hall–Kier alpha value is -2.81. The zero-order valence-corrected chi connectivity index (χ0v) is 13.1. The summed E-state index contributed by atoms with van der Waals surface area (Å²) in [6.45, 7) is 2.03. The van der Waals surface area contributed by atoms with E-state index < -0.39 is 5.97 Å². The van der Waals surface area contributed by atoms with Crippen LogP contribution in [0.25, 0.3) is 0 Å². The van der Waals surface area contributed by atoms with Crippen molar-refractivity contribution < 1.29 is 24.1 Å². The van der Waals surface area contributed by atoms with Crippen LogP contribution in [0.2, 0.25) is 0 Å². The third kappa shape index (κ3) is 4.85. The molecule has 0 saturated carbocycles. The fourth-order valence-electron chi connectivity index (χ4n) is 1.74. The van der Waals surface area contributed by atoms with Gasteiger partial charge in [0.05, 0.1) is 18.4 Å². The lowest BCUT2D eigenvalue weighted by Crippen LogP contribution is -2.40. The Morgan fingerprint density at radius 1 is 1.57 bits per heavy atom. The summed E-state index contributed by atoms with van der Waals surface area (Å²) in [6.07, 6.45) is 4.63. The van der Waals surface area contributed by atoms with Gasteiger partial charge in [0, 0.05) is 11.4 Å². The lowest BCUT2D eigenvalue weighted by Gasteiger charge is -1.99. The molecule has 1 amide bonds. The molecule has 0 atom stereocenters. The summed E-state index contributed by atoms with van der Waals surface area (Å²) in [5.74, 6) is -0.813. The minimum Gasteiger partial charge on any atom is -0.461 e. The van der Waals surface area contributed by atoms with Gasteiger partial charge in [-0.05, 0) is 13.0 Å². The molecule has 2 N–H and O–H groups in total. The van der Waals surface area contributed by atoms with E-state index >= 15 is 0 Å². The standard InChI is InChI=1S/C14H14N4O4S/c1-2-22-13(20)11-9-23-14(16-11)17-12(19)8-18-5-3-4-10(7-18)6-15-21/h3-7,9H,2,8H2,1H3,(H-,16,17,19,21)/p+1/b15-6+. The molecule has 0 unspecified atom stereocenters. The van der Waals surface area contributed by atoms with Gasteiger partial charge in [-0.15, -0.1) is 11.3 Å². The summed E-state index contributed by atoms with van der Waals surface area (Å²) in [6, 6.07) is 3.47. The van der Waals surface area contributed by atoms with Gasteiger partial charge in [0.15, 0.2) is 23.2 Å². The van der Waals surface area contributed by atoms with Crippen LogP contribution < -0.4 is 9.88 Å². The Morgan fingerprint density at radius 2 is 2.39 bits per heavy atom. The molecule has 0 saturated heterocycles. The van der Waals surface area contributed by atoms with Gasteiger partial charge in [-0.1, -0.05) is 5.16 Å². The second-order valence-corrected chi connectivity index (χ2v) is 5.22. The Kier molecular flexibility index (Phi) is 5.75. The highest BCUT2D eigenvalue weighted by atomic mass is 32.1. The number of thiazole rings is 1. The van der Waals surface area contributed by atoms with E-state index in [9.17, 15) is 9.59 Å². The molecule has 8 nitrogen and oxygen atoms in total. The number of anilines is 1. The fourth-order valence-corrected chi connectivity index (χ4v) is 2.43. The second-order valence-electron chi connectivity index (χ2n) is 4.36. The van der Waals surface area contributed by atoms with E-state index in [0.717, 1.165) is 11.3 Å². The van der Waals surface area contributed by atoms with Crippen molar-refractivity contribution in [2.24, 2.45) is 5.16 Å². The first-order valence-corrected chi connectivity index (χ1v) is 7.59. The number of carbonyl (C=O) groups excluding carboxylic acids is 2. The van der Waals surface area contributed by atoms with Gasteiger partial charge in [-0.3, -0.25) is 10.1 Å². The number of nitrogens with zero attached hydrogens (tertiary/aromatic N) is 3. The van der Waals surface area contributed by atoms with Crippen LogP contribution in [0, 0.1) is 0 Å². The number of hydrogen-bond donors (Lipinski definition) is 2. The molecule has 0 aliphatic rings. The number of rotatable bonds is 6. The Bertz CT molecular complexity index is 729. The van der Waals surface area contributed by atoms with Gasteiger partial charge in [-0.25, -0.2) is 9.78 Å². The van der Waals surface area contributed by atoms with E-state index in [0.29, 0.717) is 10.7 Å². The monoisotopic (exact) mass is 335 g/mol. The normalized spacial score (nSPS) is 10.7. The highest BCUT2D eigenvalue weighted by Gasteiger charge is 2.15. The summed E-state index contributed by atoms with van der Waals surface area (Å²) >= 11 is 1.15. The molecule has 120 valence electrons. The third-order valence-corrected chi connectivity index (χ3v) is 3.41. The minimum atomic E-state index is -0.519. The lowest BCUT2D eigenvalue weighted by atomic mass is 10.3. The molecule has 23 heavy (non-hydrogen) atoms. The van der Waals surface area contributed by atoms with E-state index in [2.05, 4.69) is 15.5 Å².